The van der Waals surface area contributed by atoms with Crippen molar-refractivity contribution in [3.63, 3.8) is 0 Å². The number of hydrogen-bond acceptors (Lipinski definition) is 4. The highest BCUT2D eigenvalue weighted by Crippen LogP contribution is 2.31. The van der Waals surface area contributed by atoms with Crippen LogP contribution in [0.15, 0.2) is 12.4 Å². The SMILES string of the molecule is CC1(C)CO[C@@H](CS(=O)(=O)NCCc2cn[nH]c2)C1. The molecule has 1 aliphatic heterocycles. The van der Waals surface area contributed by atoms with Crippen LogP contribution in [0.2, 0.25) is 0 Å². The Labute approximate surface area is 114 Å². The van der Waals surface area contributed by atoms with Gasteiger partial charge in [-0.05, 0) is 23.8 Å². The van der Waals surface area contributed by atoms with E-state index in [4.69, 9.17) is 4.74 Å². The Bertz CT molecular complexity index is 496. The second-order valence-electron chi connectivity index (χ2n) is 5.83. The fourth-order valence-electron chi connectivity index (χ4n) is 2.25. The van der Waals surface area contributed by atoms with Crippen LogP contribution >= 0.6 is 0 Å². The average Bonchev–Trinajstić information content (AvgIpc) is 2.87. The van der Waals surface area contributed by atoms with E-state index >= 15 is 0 Å². The zero-order valence-corrected chi connectivity index (χ0v) is 12.2. The predicted octanol–water partition coefficient (Wildman–Crippen LogP) is 0.687. The Morgan fingerprint density at radius 1 is 1.58 bits per heavy atom. The number of hydrogen-bond donors (Lipinski definition) is 2. The van der Waals surface area contributed by atoms with Crippen molar-refractivity contribution in [2.75, 3.05) is 18.9 Å². The molecule has 0 amide bonds. The zero-order chi connectivity index (χ0) is 13.9. The summed E-state index contributed by atoms with van der Waals surface area (Å²) in [5.74, 6) is 0.0435. The molecule has 0 radical (unpaired) electrons. The number of nitrogens with zero attached hydrogens (tertiary/aromatic N) is 1. The van der Waals surface area contributed by atoms with Gasteiger partial charge in [-0.15, -0.1) is 0 Å². The first kappa shape index (κ1) is 14.5. The number of aromatic nitrogens is 2. The molecule has 1 aromatic rings. The van der Waals surface area contributed by atoms with Crippen LogP contribution in [0.5, 0.6) is 0 Å². The predicted molar refractivity (Wildman–Crippen MR) is 72.2 cm³/mol. The molecule has 19 heavy (non-hydrogen) atoms. The summed E-state index contributed by atoms with van der Waals surface area (Å²) in [7, 11) is -3.27. The fourth-order valence-corrected chi connectivity index (χ4v) is 3.49. The van der Waals surface area contributed by atoms with Gasteiger partial charge in [0.15, 0.2) is 0 Å². The van der Waals surface area contributed by atoms with E-state index in [0.29, 0.717) is 19.6 Å². The van der Waals surface area contributed by atoms with Crippen LogP contribution in [0.1, 0.15) is 25.8 Å². The van der Waals surface area contributed by atoms with Crippen molar-refractivity contribution in [2.45, 2.75) is 32.8 Å². The molecule has 1 aliphatic rings. The van der Waals surface area contributed by atoms with Crippen molar-refractivity contribution >= 4 is 10.0 Å². The number of aromatic amines is 1. The fraction of sp³-hybridized carbons (Fsp3) is 0.750. The van der Waals surface area contributed by atoms with E-state index in [1.807, 2.05) is 0 Å². The van der Waals surface area contributed by atoms with Gasteiger partial charge in [0.25, 0.3) is 0 Å². The van der Waals surface area contributed by atoms with E-state index < -0.39 is 10.0 Å². The van der Waals surface area contributed by atoms with Crippen molar-refractivity contribution in [1.29, 1.82) is 0 Å². The van der Waals surface area contributed by atoms with Crippen LogP contribution in [0.4, 0.5) is 0 Å². The van der Waals surface area contributed by atoms with Crippen LogP contribution < -0.4 is 4.72 Å². The van der Waals surface area contributed by atoms with Gasteiger partial charge in [-0.1, -0.05) is 13.8 Å². The van der Waals surface area contributed by atoms with Gasteiger partial charge in [-0.2, -0.15) is 5.10 Å². The van der Waals surface area contributed by atoms with Crippen LogP contribution in [-0.2, 0) is 21.2 Å². The van der Waals surface area contributed by atoms with Gasteiger partial charge in [0.2, 0.25) is 10.0 Å². The number of sulfonamides is 1. The minimum Gasteiger partial charge on any atom is -0.377 e. The van der Waals surface area contributed by atoms with Crippen molar-refractivity contribution in [3.05, 3.63) is 18.0 Å². The lowest BCUT2D eigenvalue weighted by molar-refractivity contribution is 0.113. The molecule has 0 unspecified atom stereocenters. The molecule has 0 aliphatic carbocycles. The summed E-state index contributed by atoms with van der Waals surface area (Å²) in [5.41, 5.74) is 1.07. The van der Waals surface area contributed by atoms with E-state index in [1.165, 1.54) is 0 Å². The number of ether oxygens (including phenoxy) is 1. The van der Waals surface area contributed by atoms with Crippen molar-refractivity contribution < 1.29 is 13.2 Å². The Balaban J connectivity index is 1.76. The highest BCUT2D eigenvalue weighted by atomic mass is 32.2. The summed E-state index contributed by atoms with van der Waals surface area (Å²) in [5, 5.41) is 6.51. The monoisotopic (exact) mass is 287 g/mol. The van der Waals surface area contributed by atoms with Gasteiger partial charge >= 0.3 is 0 Å². The van der Waals surface area contributed by atoms with Gasteiger partial charge in [-0.3, -0.25) is 5.10 Å². The lowest BCUT2D eigenvalue weighted by atomic mass is 9.91. The Morgan fingerprint density at radius 2 is 2.37 bits per heavy atom. The quantitative estimate of drug-likeness (QED) is 0.806. The second kappa shape index (κ2) is 5.60. The van der Waals surface area contributed by atoms with Crippen LogP contribution in [0.3, 0.4) is 0 Å². The van der Waals surface area contributed by atoms with E-state index in [1.54, 1.807) is 12.4 Å². The van der Waals surface area contributed by atoms with Gasteiger partial charge in [0.05, 0.1) is 24.7 Å². The van der Waals surface area contributed by atoms with Crippen LogP contribution in [0, 0.1) is 5.41 Å². The normalized spacial score (nSPS) is 22.7. The molecule has 2 N–H and O–H groups in total. The number of rotatable bonds is 6. The standard InChI is InChI=1S/C12H21N3O3S/c1-12(2)5-11(18-9-12)8-19(16,17)15-4-3-10-6-13-14-7-10/h6-7,11,15H,3-5,8-9H2,1-2H3,(H,13,14)/t11-/m1/s1. The van der Waals surface area contributed by atoms with E-state index in [2.05, 4.69) is 28.8 Å². The lowest BCUT2D eigenvalue weighted by Gasteiger charge is -2.14. The summed E-state index contributed by atoms with van der Waals surface area (Å²) in [6.45, 7) is 5.19. The van der Waals surface area contributed by atoms with Gasteiger partial charge < -0.3 is 4.74 Å². The molecule has 2 rings (SSSR count). The van der Waals surface area contributed by atoms with Crippen molar-refractivity contribution in [1.82, 2.24) is 14.9 Å². The lowest BCUT2D eigenvalue weighted by Crippen LogP contribution is -2.33. The molecule has 1 fully saturated rings. The van der Waals surface area contributed by atoms with Crippen molar-refractivity contribution in [3.8, 4) is 0 Å². The minimum absolute atomic E-state index is 0.0435. The molecular formula is C12H21N3O3S. The Morgan fingerprint density at radius 3 is 2.95 bits per heavy atom. The molecule has 2 heterocycles. The first-order valence-corrected chi connectivity index (χ1v) is 8.08. The van der Waals surface area contributed by atoms with Crippen molar-refractivity contribution in [2.24, 2.45) is 5.41 Å². The number of nitrogens with one attached hydrogen (secondary N) is 2. The minimum atomic E-state index is -3.27. The molecule has 0 bridgehead atoms. The van der Waals surface area contributed by atoms with E-state index in [9.17, 15) is 8.42 Å². The number of H-pyrrole nitrogens is 1. The van der Waals surface area contributed by atoms with E-state index in [-0.39, 0.29) is 17.3 Å². The summed E-state index contributed by atoms with van der Waals surface area (Å²) >= 11 is 0. The highest BCUT2D eigenvalue weighted by Gasteiger charge is 2.34. The molecule has 1 saturated heterocycles. The smallest absolute Gasteiger partial charge is 0.214 e. The Hall–Kier alpha value is -0.920. The maximum atomic E-state index is 11.9. The topological polar surface area (TPSA) is 84.1 Å². The molecular weight excluding hydrogens is 266 g/mol. The molecule has 1 atom stereocenters. The average molecular weight is 287 g/mol. The summed E-state index contributed by atoms with van der Waals surface area (Å²) in [6.07, 6.45) is 4.68. The summed E-state index contributed by atoms with van der Waals surface area (Å²) in [4.78, 5) is 0. The third kappa shape index (κ3) is 4.59. The van der Waals surface area contributed by atoms with Crippen LogP contribution in [-0.4, -0.2) is 43.6 Å². The van der Waals surface area contributed by atoms with Gasteiger partial charge in [0, 0.05) is 12.7 Å². The molecule has 108 valence electrons. The third-order valence-corrected chi connectivity index (χ3v) is 4.64. The Kier molecular flexibility index (Phi) is 4.27. The van der Waals surface area contributed by atoms with Crippen LogP contribution in [0.25, 0.3) is 0 Å². The molecule has 0 spiro atoms. The zero-order valence-electron chi connectivity index (χ0n) is 11.3. The maximum Gasteiger partial charge on any atom is 0.214 e. The summed E-state index contributed by atoms with van der Waals surface area (Å²) < 4.78 is 31.9. The van der Waals surface area contributed by atoms with Gasteiger partial charge in [0.1, 0.15) is 0 Å². The molecule has 0 saturated carbocycles. The molecule has 1 aromatic heterocycles. The maximum absolute atomic E-state index is 11.9. The highest BCUT2D eigenvalue weighted by molar-refractivity contribution is 7.89. The first-order chi connectivity index (χ1) is 8.86. The van der Waals surface area contributed by atoms with E-state index in [0.717, 1.165) is 12.0 Å². The first-order valence-electron chi connectivity index (χ1n) is 6.43. The largest absolute Gasteiger partial charge is 0.377 e. The second-order valence-corrected chi connectivity index (χ2v) is 7.69. The molecule has 7 heteroatoms. The third-order valence-electron chi connectivity index (χ3n) is 3.19. The summed E-state index contributed by atoms with van der Waals surface area (Å²) in [6, 6.07) is 0. The molecule has 6 nitrogen and oxygen atoms in total. The molecule has 0 aromatic carbocycles. The van der Waals surface area contributed by atoms with Gasteiger partial charge in [-0.25, -0.2) is 13.1 Å².